The van der Waals surface area contributed by atoms with Gasteiger partial charge < -0.3 is 4.90 Å². The van der Waals surface area contributed by atoms with Gasteiger partial charge in [-0.3, -0.25) is 4.79 Å². The molecule has 0 spiro atoms. The van der Waals surface area contributed by atoms with Gasteiger partial charge >= 0.3 is 0 Å². The lowest BCUT2D eigenvalue weighted by molar-refractivity contribution is -0.130. The third-order valence-electron chi connectivity index (χ3n) is 6.59. The number of fused-ring (bicyclic) bond motifs is 1. The number of aromatic nitrogens is 3. The minimum Gasteiger partial charge on any atom is -0.341 e. The van der Waals surface area contributed by atoms with Crippen molar-refractivity contribution in [3.63, 3.8) is 0 Å². The normalized spacial score (nSPS) is 11.2. The zero-order chi connectivity index (χ0) is 23.7. The van der Waals surface area contributed by atoms with Crippen molar-refractivity contribution < 1.29 is 4.79 Å². The standard InChI is InChI=1S/C28H32N4O/c1-18-12-13-24(16-19(18)2)32-28-27(22(5)30-32)20(3)25(21(4)29-28)14-15-26(33)31(6)17-23-10-8-7-9-11-23/h7-13,16H,14-15,17H2,1-6H3. The SMILES string of the molecule is Cc1ccc(-n2nc(C)c3c(C)c(CCC(=O)N(C)Cc4ccccc4)c(C)nc32)cc1C. The molecule has 170 valence electrons. The second-order valence-electron chi connectivity index (χ2n) is 9.00. The molecule has 0 saturated heterocycles. The van der Waals surface area contributed by atoms with Crippen LogP contribution in [-0.4, -0.2) is 32.6 Å². The monoisotopic (exact) mass is 440 g/mol. The maximum absolute atomic E-state index is 12.8. The second kappa shape index (κ2) is 9.18. The average molecular weight is 441 g/mol. The van der Waals surface area contributed by atoms with E-state index in [0.29, 0.717) is 19.4 Å². The van der Waals surface area contributed by atoms with Crippen LogP contribution < -0.4 is 0 Å². The van der Waals surface area contributed by atoms with Crippen molar-refractivity contribution in [1.29, 1.82) is 0 Å². The molecule has 5 nitrogen and oxygen atoms in total. The highest BCUT2D eigenvalue weighted by atomic mass is 16.2. The molecule has 2 aromatic heterocycles. The number of pyridine rings is 1. The summed E-state index contributed by atoms with van der Waals surface area (Å²) in [6.45, 7) is 11.0. The lowest BCUT2D eigenvalue weighted by atomic mass is 9.99. The van der Waals surface area contributed by atoms with Crippen LogP contribution in [0.25, 0.3) is 16.7 Å². The molecule has 5 heteroatoms. The molecule has 0 aliphatic heterocycles. The fourth-order valence-corrected chi connectivity index (χ4v) is 4.48. The minimum atomic E-state index is 0.139. The molecule has 0 radical (unpaired) electrons. The van der Waals surface area contributed by atoms with Crippen molar-refractivity contribution in [3.8, 4) is 5.69 Å². The van der Waals surface area contributed by atoms with Crippen LogP contribution >= 0.6 is 0 Å². The van der Waals surface area contributed by atoms with E-state index >= 15 is 0 Å². The van der Waals surface area contributed by atoms with E-state index in [0.717, 1.165) is 39.2 Å². The molecule has 0 unspecified atom stereocenters. The molecule has 0 saturated carbocycles. The van der Waals surface area contributed by atoms with Crippen LogP contribution in [0.3, 0.4) is 0 Å². The van der Waals surface area contributed by atoms with Crippen molar-refractivity contribution in [1.82, 2.24) is 19.7 Å². The largest absolute Gasteiger partial charge is 0.341 e. The molecule has 1 amide bonds. The van der Waals surface area contributed by atoms with E-state index in [9.17, 15) is 4.79 Å². The summed E-state index contributed by atoms with van der Waals surface area (Å²) in [5.41, 5.74) is 9.77. The zero-order valence-corrected chi connectivity index (χ0v) is 20.4. The van der Waals surface area contributed by atoms with E-state index < -0.39 is 0 Å². The van der Waals surface area contributed by atoms with Gasteiger partial charge in [-0.25, -0.2) is 9.67 Å². The van der Waals surface area contributed by atoms with Crippen LogP contribution in [-0.2, 0) is 17.8 Å². The van der Waals surface area contributed by atoms with Crippen molar-refractivity contribution in [3.05, 3.63) is 87.7 Å². The Labute approximate surface area is 196 Å². The average Bonchev–Trinajstić information content (AvgIpc) is 3.12. The second-order valence-corrected chi connectivity index (χ2v) is 9.00. The molecule has 2 aromatic carbocycles. The number of carbonyl (C=O) groups excluding carboxylic acids is 1. The summed E-state index contributed by atoms with van der Waals surface area (Å²) in [5.74, 6) is 0.139. The van der Waals surface area contributed by atoms with Crippen LogP contribution in [0.4, 0.5) is 0 Å². The van der Waals surface area contributed by atoms with Crippen molar-refractivity contribution in [2.24, 2.45) is 0 Å². The molecule has 0 aliphatic carbocycles. The van der Waals surface area contributed by atoms with Gasteiger partial charge in [0, 0.05) is 31.1 Å². The summed E-state index contributed by atoms with van der Waals surface area (Å²) < 4.78 is 1.94. The highest BCUT2D eigenvalue weighted by Crippen LogP contribution is 2.29. The molecular formula is C28H32N4O. The van der Waals surface area contributed by atoms with Crippen LogP contribution in [0.15, 0.2) is 48.5 Å². The zero-order valence-electron chi connectivity index (χ0n) is 20.4. The van der Waals surface area contributed by atoms with Gasteiger partial charge in [0.15, 0.2) is 5.65 Å². The Morgan fingerprint density at radius 3 is 2.36 bits per heavy atom. The predicted molar refractivity (Wildman–Crippen MR) is 134 cm³/mol. The highest BCUT2D eigenvalue weighted by molar-refractivity contribution is 5.85. The van der Waals surface area contributed by atoms with E-state index in [1.54, 1.807) is 4.90 Å². The molecule has 4 aromatic rings. The van der Waals surface area contributed by atoms with Gasteiger partial charge in [-0.15, -0.1) is 0 Å². The number of nitrogens with zero attached hydrogens (tertiary/aromatic N) is 4. The number of hydrogen-bond donors (Lipinski definition) is 0. The van der Waals surface area contributed by atoms with E-state index in [-0.39, 0.29) is 5.91 Å². The van der Waals surface area contributed by atoms with Crippen LogP contribution in [0.2, 0.25) is 0 Å². The van der Waals surface area contributed by atoms with E-state index in [1.165, 1.54) is 16.7 Å². The van der Waals surface area contributed by atoms with E-state index in [2.05, 4.69) is 39.0 Å². The first kappa shape index (κ1) is 22.7. The fourth-order valence-electron chi connectivity index (χ4n) is 4.48. The number of aryl methyl sites for hydroxylation is 5. The van der Waals surface area contributed by atoms with E-state index in [4.69, 9.17) is 10.1 Å². The number of rotatable bonds is 6. The van der Waals surface area contributed by atoms with Crippen molar-refractivity contribution in [2.45, 2.75) is 54.0 Å². The maximum atomic E-state index is 12.8. The van der Waals surface area contributed by atoms with Crippen molar-refractivity contribution >= 4 is 16.9 Å². The number of amides is 1. The van der Waals surface area contributed by atoms with Crippen LogP contribution in [0, 0.1) is 34.6 Å². The summed E-state index contributed by atoms with van der Waals surface area (Å²) in [6.07, 6.45) is 1.13. The molecule has 2 heterocycles. The van der Waals surface area contributed by atoms with Gasteiger partial charge in [-0.1, -0.05) is 36.4 Å². The topological polar surface area (TPSA) is 51.0 Å². The van der Waals surface area contributed by atoms with E-state index in [1.807, 2.05) is 55.9 Å². The first-order valence-corrected chi connectivity index (χ1v) is 11.5. The summed E-state index contributed by atoms with van der Waals surface area (Å²) in [5, 5.41) is 5.91. The van der Waals surface area contributed by atoms with Gasteiger partial charge in [0.05, 0.1) is 11.4 Å². The molecule has 0 bridgehead atoms. The van der Waals surface area contributed by atoms with Gasteiger partial charge in [-0.2, -0.15) is 5.10 Å². The number of carbonyl (C=O) groups is 1. The minimum absolute atomic E-state index is 0.139. The van der Waals surface area contributed by atoms with Gasteiger partial charge in [-0.05, 0) is 81.0 Å². The Morgan fingerprint density at radius 1 is 0.939 bits per heavy atom. The molecule has 0 fully saturated rings. The van der Waals surface area contributed by atoms with Gasteiger partial charge in [0.1, 0.15) is 0 Å². The Morgan fingerprint density at radius 2 is 1.67 bits per heavy atom. The lowest BCUT2D eigenvalue weighted by Gasteiger charge is -2.18. The number of benzene rings is 2. The fraction of sp³-hybridized carbons (Fsp3) is 0.321. The Balaban J connectivity index is 1.59. The Kier molecular flexibility index (Phi) is 6.32. The maximum Gasteiger partial charge on any atom is 0.222 e. The van der Waals surface area contributed by atoms with Crippen LogP contribution in [0.5, 0.6) is 0 Å². The molecule has 0 aliphatic rings. The van der Waals surface area contributed by atoms with Gasteiger partial charge in [0.2, 0.25) is 5.91 Å². The first-order chi connectivity index (χ1) is 15.8. The molecular weight excluding hydrogens is 408 g/mol. The Bertz CT molecular complexity index is 1320. The van der Waals surface area contributed by atoms with Crippen LogP contribution in [0.1, 0.15) is 45.6 Å². The molecule has 0 N–H and O–H groups in total. The van der Waals surface area contributed by atoms with Crippen molar-refractivity contribution in [2.75, 3.05) is 7.05 Å². The highest BCUT2D eigenvalue weighted by Gasteiger charge is 2.19. The lowest BCUT2D eigenvalue weighted by Crippen LogP contribution is -2.26. The molecule has 0 atom stereocenters. The summed E-state index contributed by atoms with van der Waals surface area (Å²) in [6, 6.07) is 16.5. The summed E-state index contributed by atoms with van der Waals surface area (Å²) >= 11 is 0. The molecule has 4 rings (SSSR count). The summed E-state index contributed by atoms with van der Waals surface area (Å²) in [7, 11) is 1.87. The number of hydrogen-bond acceptors (Lipinski definition) is 3. The summed E-state index contributed by atoms with van der Waals surface area (Å²) in [4.78, 5) is 19.6. The first-order valence-electron chi connectivity index (χ1n) is 11.5. The third-order valence-corrected chi connectivity index (χ3v) is 6.59. The predicted octanol–water partition coefficient (Wildman–Crippen LogP) is 5.55. The van der Waals surface area contributed by atoms with Gasteiger partial charge in [0.25, 0.3) is 0 Å². The smallest absolute Gasteiger partial charge is 0.222 e. The molecule has 33 heavy (non-hydrogen) atoms. The third kappa shape index (κ3) is 4.54. The quantitative estimate of drug-likeness (QED) is 0.395. The Hall–Kier alpha value is -3.47.